The van der Waals surface area contributed by atoms with Crippen LogP contribution in [0.2, 0.25) is 0 Å². The minimum absolute atomic E-state index is 0.0751. The van der Waals surface area contributed by atoms with Gasteiger partial charge in [0.2, 0.25) is 0 Å². The van der Waals surface area contributed by atoms with Crippen LogP contribution in [0.1, 0.15) is 43.2 Å². The Morgan fingerprint density at radius 3 is 2.76 bits per heavy atom. The molecule has 1 aromatic carbocycles. The first kappa shape index (κ1) is 14.6. The summed E-state index contributed by atoms with van der Waals surface area (Å²) >= 11 is 0. The summed E-state index contributed by atoms with van der Waals surface area (Å²) in [6.45, 7) is 0. The Morgan fingerprint density at radius 1 is 1.29 bits per heavy atom. The Bertz CT molecular complexity index is 565. The number of methoxy groups -OCH3 is 1. The van der Waals surface area contributed by atoms with Crippen molar-refractivity contribution in [2.75, 3.05) is 7.11 Å². The SMILES string of the molecule is COC1CCCC(O)(C2(C#N)CCc3ccccc3C2)C1. The van der Waals surface area contributed by atoms with Crippen molar-refractivity contribution in [3.05, 3.63) is 35.4 Å². The molecule has 21 heavy (non-hydrogen) atoms. The highest BCUT2D eigenvalue weighted by molar-refractivity contribution is 5.35. The summed E-state index contributed by atoms with van der Waals surface area (Å²) in [6, 6.07) is 10.8. The van der Waals surface area contributed by atoms with Crippen LogP contribution in [0.3, 0.4) is 0 Å². The highest BCUT2D eigenvalue weighted by atomic mass is 16.5. The monoisotopic (exact) mass is 285 g/mol. The number of benzene rings is 1. The van der Waals surface area contributed by atoms with Crippen molar-refractivity contribution in [1.82, 2.24) is 0 Å². The maximum Gasteiger partial charge on any atom is 0.0904 e. The number of ether oxygens (including phenoxy) is 1. The first-order chi connectivity index (χ1) is 10.1. The highest BCUT2D eigenvalue weighted by Crippen LogP contribution is 2.49. The van der Waals surface area contributed by atoms with Crippen LogP contribution in [-0.4, -0.2) is 23.9 Å². The third-order valence-electron chi connectivity index (χ3n) is 5.55. The molecule has 0 saturated heterocycles. The van der Waals surface area contributed by atoms with Gasteiger partial charge in [0.15, 0.2) is 0 Å². The molecule has 3 rings (SSSR count). The average Bonchev–Trinajstić information content (AvgIpc) is 2.54. The molecule has 1 aromatic rings. The van der Waals surface area contributed by atoms with E-state index in [1.54, 1.807) is 7.11 Å². The van der Waals surface area contributed by atoms with Gasteiger partial charge in [-0.25, -0.2) is 0 Å². The molecule has 1 N–H and O–H groups in total. The Hall–Kier alpha value is -1.37. The van der Waals surface area contributed by atoms with Gasteiger partial charge in [-0.1, -0.05) is 24.3 Å². The zero-order valence-corrected chi connectivity index (χ0v) is 12.6. The predicted molar refractivity (Wildman–Crippen MR) is 80.7 cm³/mol. The maximum atomic E-state index is 11.3. The topological polar surface area (TPSA) is 53.2 Å². The molecule has 0 amide bonds. The normalized spacial score (nSPS) is 35.8. The van der Waals surface area contributed by atoms with Crippen LogP contribution in [0.5, 0.6) is 0 Å². The van der Waals surface area contributed by atoms with Crippen molar-refractivity contribution in [3.63, 3.8) is 0 Å². The van der Waals surface area contributed by atoms with Crippen LogP contribution in [0.4, 0.5) is 0 Å². The van der Waals surface area contributed by atoms with Gasteiger partial charge in [0.25, 0.3) is 0 Å². The first-order valence-corrected chi connectivity index (χ1v) is 7.86. The summed E-state index contributed by atoms with van der Waals surface area (Å²) in [5.74, 6) is 0. The van der Waals surface area contributed by atoms with E-state index in [1.165, 1.54) is 11.1 Å². The van der Waals surface area contributed by atoms with Crippen molar-refractivity contribution in [1.29, 1.82) is 5.26 Å². The molecule has 0 radical (unpaired) electrons. The van der Waals surface area contributed by atoms with Crippen LogP contribution in [-0.2, 0) is 17.6 Å². The average molecular weight is 285 g/mol. The molecule has 2 aliphatic carbocycles. The van der Waals surface area contributed by atoms with Gasteiger partial charge in [0, 0.05) is 13.5 Å². The van der Waals surface area contributed by atoms with Gasteiger partial charge in [-0.2, -0.15) is 5.26 Å². The molecular formula is C18H23NO2. The molecule has 3 nitrogen and oxygen atoms in total. The highest BCUT2D eigenvalue weighted by Gasteiger charge is 2.53. The molecule has 112 valence electrons. The van der Waals surface area contributed by atoms with Gasteiger partial charge in [0.05, 0.1) is 23.2 Å². The third-order valence-corrected chi connectivity index (χ3v) is 5.55. The molecule has 2 aliphatic rings. The van der Waals surface area contributed by atoms with Crippen LogP contribution >= 0.6 is 0 Å². The molecule has 0 aliphatic heterocycles. The lowest BCUT2D eigenvalue weighted by atomic mass is 9.58. The molecule has 0 heterocycles. The number of hydrogen-bond donors (Lipinski definition) is 1. The van der Waals surface area contributed by atoms with Crippen molar-refractivity contribution >= 4 is 0 Å². The van der Waals surface area contributed by atoms with Gasteiger partial charge in [-0.15, -0.1) is 0 Å². The number of fused-ring (bicyclic) bond motifs is 1. The second-order valence-corrected chi connectivity index (χ2v) is 6.63. The summed E-state index contributed by atoms with van der Waals surface area (Å²) in [7, 11) is 1.70. The lowest BCUT2D eigenvalue weighted by molar-refractivity contribution is -0.123. The largest absolute Gasteiger partial charge is 0.388 e. The summed E-state index contributed by atoms with van der Waals surface area (Å²) in [6.07, 6.45) is 5.56. The van der Waals surface area contributed by atoms with E-state index in [9.17, 15) is 10.4 Å². The Kier molecular flexibility index (Phi) is 3.77. The van der Waals surface area contributed by atoms with Crippen molar-refractivity contribution < 1.29 is 9.84 Å². The van der Waals surface area contributed by atoms with E-state index >= 15 is 0 Å². The standard InChI is InChI=1S/C18H23NO2/c1-21-16-7-4-9-18(20,12-16)17(13-19)10-8-14-5-2-3-6-15(14)11-17/h2-3,5-6,16,20H,4,7-12H2,1H3. The van der Waals surface area contributed by atoms with Gasteiger partial charge in [-0.05, 0) is 49.7 Å². The van der Waals surface area contributed by atoms with Crippen LogP contribution in [0.15, 0.2) is 24.3 Å². The Balaban J connectivity index is 1.93. The fraction of sp³-hybridized carbons (Fsp3) is 0.611. The summed E-state index contributed by atoms with van der Waals surface area (Å²) < 4.78 is 5.47. The molecule has 3 atom stereocenters. The zero-order valence-electron chi connectivity index (χ0n) is 12.6. The molecule has 1 saturated carbocycles. The predicted octanol–water partition coefficient (Wildman–Crippen LogP) is 3.01. The summed E-state index contributed by atoms with van der Waals surface area (Å²) in [4.78, 5) is 0. The van der Waals surface area contributed by atoms with Gasteiger partial charge < -0.3 is 9.84 Å². The lowest BCUT2D eigenvalue weighted by Gasteiger charge is -2.49. The summed E-state index contributed by atoms with van der Waals surface area (Å²) in [5.41, 5.74) is 0.955. The Morgan fingerprint density at radius 2 is 2.05 bits per heavy atom. The van der Waals surface area contributed by atoms with E-state index in [-0.39, 0.29) is 6.10 Å². The third kappa shape index (κ3) is 2.37. The Labute approximate surface area is 126 Å². The minimum Gasteiger partial charge on any atom is -0.388 e. The quantitative estimate of drug-likeness (QED) is 0.908. The molecule has 3 unspecified atom stereocenters. The second kappa shape index (κ2) is 5.44. The van der Waals surface area contributed by atoms with Crippen molar-refractivity contribution in [3.8, 4) is 6.07 Å². The van der Waals surface area contributed by atoms with E-state index in [0.717, 1.165) is 25.7 Å². The molecule has 3 heteroatoms. The van der Waals surface area contributed by atoms with E-state index in [2.05, 4.69) is 24.3 Å². The fourth-order valence-electron chi connectivity index (χ4n) is 4.17. The van der Waals surface area contributed by atoms with Crippen LogP contribution in [0, 0.1) is 16.7 Å². The maximum absolute atomic E-state index is 11.3. The lowest BCUT2D eigenvalue weighted by Crippen LogP contribution is -2.54. The van der Waals surface area contributed by atoms with E-state index in [1.807, 2.05) is 6.07 Å². The second-order valence-electron chi connectivity index (χ2n) is 6.63. The van der Waals surface area contributed by atoms with Crippen LogP contribution < -0.4 is 0 Å². The van der Waals surface area contributed by atoms with E-state index < -0.39 is 11.0 Å². The smallest absolute Gasteiger partial charge is 0.0904 e. The minimum atomic E-state index is -0.922. The molecule has 1 fully saturated rings. The fourth-order valence-corrected chi connectivity index (χ4v) is 4.17. The first-order valence-electron chi connectivity index (χ1n) is 7.86. The number of hydrogen-bond acceptors (Lipinski definition) is 3. The molecule has 0 spiro atoms. The van der Waals surface area contributed by atoms with Crippen molar-refractivity contribution in [2.45, 2.75) is 56.7 Å². The van der Waals surface area contributed by atoms with Crippen LogP contribution in [0.25, 0.3) is 0 Å². The number of rotatable bonds is 2. The van der Waals surface area contributed by atoms with Gasteiger partial charge in [0.1, 0.15) is 0 Å². The number of nitrogens with zero attached hydrogens (tertiary/aromatic N) is 1. The van der Waals surface area contributed by atoms with Gasteiger partial charge >= 0.3 is 0 Å². The molecular weight excluding hydrogens is 262 g/mol. The number of nitriles is 1. The zero-order chi connectivity index (χ0) is 14.9. The number of aryl methyl sites for hydroxylation is 1. The van der Waals surface area contributed by atoms with E-state index in [0.29, 0.717) is 19.3 Å². The number of aliphatic hydroxyl groups is 1. The van der Waals surface area contributed by atoms with Gasteiger partial charge in [-0.3, -0.25) is 0 Å². The summed E-state index contributed by atoms with van der Waals surface area (Å²) in [5, 5.41) is 21.2. The van der Waals surface area contributed by atoms with E-state index in [4.69, 9.17) is 4.74 Å². The van der Waals surface area contributed by atoms with Crippen molar-refractivity contribution in [2.24, 2.45) is 5.41 Å². The molecule has 0 aromatic heterocycles. The molecule has 0 bridgehead atoms.